The van der Waals surface area contributed by atoms with Crippen LogP contribution in [0.5, 0.6) is 11.5 Å². The minimum absolute atomic E-state index is 0.0846. The van der Waals surface area contributed by atoms with Gasteiger partial charge in [-0.05, 0) is 40.8 Å². The highest BCUT2D eigenvalue weighted by Gasteiger charge is 2.29. The Bertz CT molecular complexity index is 1010. The average molecular weight is 505 g/mol. The van der Waals surface area contributed by atoms with E-state index in [-0.39, 0.29) is 17.1 Å². The van der Waals surface area contributed by atoms with Crippen LogP contribution < -0.4 is 14.8 Å². The molecule has 0 saturated heterocycles. The third kappa shape index (κ3) is 4.16. The van der Waals surface area contributed by atoms with Crippen LogP contribution in [0.3, 0.4) is 0 Å². The minimum Gasteiger partial charge on any atom is -0.496 e. The lowest BCUT2D eigenvalue weighted by atomic mass is 10.1. The van der Waals surface area contributed by atoms with Crippen molar-refractivity contribution in [3.63, 3.8) is 0 Å². The molecular formula is C18H15F3IN3O3. The third-order valence-corrected chi connectivity index (χ3v) is 4.63. The topological polar surface area (TPSA) is 65.4 Å². The number of nitrogens with zero attached hydrogens (tertiary/aromatic N) is 2. The number of hydrogen-bond donors (Lipinski definition) is 1. The second-order valence-electron chi connectivity index (χ2n) is 5.77. The number of hydrogen-bond acceptors (Lipinski definition) is 4. The van der Waals surface area contributed by atoms with Gasteiger partial charge in [-0.1, -0.05) is 0 Å². The van der Waals surface area contributed by atoms with E-state index in [1.165, 1.54) is 14.2 Å². The summed E-state index contributed by atoms with van der Waals surface area (Å²) in [6.45, 7) is -1.45. The summed E-state index contributed by atoms with van der Waals surface area (Å²) in [6, 6.07) is 8.83. The smallest absolute Gasteiger partial charge is 0.405 e. The number of benzene rings is 2. The predicted molar refractivity (Wildman–Crippen MR) is 105 cm³/mol. The molecule has 1 heterocycles. The maximum Gasteiger partial charge on any atom is 0.405 e. The molecule has 3 rings (SSSR count). The van der Waals surface area contributed by atoms with Crippen molar-refractivity contribution in [3.8, 4) is 17.2 Å². The number of methoxy groups -OCH3 is 2. The quantitative estimate of drug-likeness (QED) is 0.534. The van der Waals surface area contributed by atoms with Crippen molar-refractivity contribution >= 4 is 39.5 Å². The Morgan fingerprint density at radius 3 is 2.39 bits per heavy atom. The van der Waals surface area contributed by atoms with Crippen molar-refractivity contribution < 1.29 is 27.4 Å². The van der Waals surface area contributed by atoms with Crippen LogP contribution in [-0.2, 0) is 0 Å². The molecule has 1 amide bonds. The Labute approximate surface area is 171 Å². The molecule has 0 spiro atoms. The Morgan fingerprint density at radius 2 is 1.82 bits per heavy atom. The fourth-order valence-corrected chi connectivity index (χ4v) is 3.20. The van der Waals surface area contributed by atoms with E-state index in [0.717, 1.165) is 14.6 Å². The van der Waals surface area contributed by atoms with Gasteiger partial charge in [0.25, 0.3) is 5.91 Å². The first kappa shape index (κ1) is 20.2. The number of alkyl halides is 3. The number of nitrogens with one attached hydrogen (secondary N) is 1. The lowest BCUT2D eigenvalue weighted by Gasteiger charge is -2.16. The van der Waals surface area contributed by atoms with Crippen molar-refractivity contribution in [3.05, 3.63) is 45.8 Å². The molecule has 2 aromatic carbocycles. The van der Waals surface area contributed by atoms with Gasteiger partial charge < -0.3 is 14.8 Å². The van der Waals surface area contributed by atoms with Gasteiger partial charge in [0.05, 0.1) is 30.9 Å². The monoisotopic (exact) mass is 505 g/mol. The van der Waals surface area contributed by atoms with Gasteiger partial charge in [0.15, 0.2) is 0 Å². The van der Waals surface area contributed by atoms with Gasteiger partial charge in [0.2, 0.25) is 0 Å². The molecule has 0 saturated carbocycles. The lowest BCUT2D eigenvalue weighted by molar-refractivity contribution is -0.123. The number of ether oxygens (including phenoxy) is 2. The summed E-state index contributed by atoms with van der Waals surface area (Å²) < 4.78 is 50.6. The number of rotatable bonds is 5. The van der Waals surface area contributed by atoms with Crippen molar-refractivity contribution in [2.45, 2.75) is 6.18 Å². The Morgan fingerprint density at radius 1 is 1.18 bits per heavy atom. The molecule has 0 fully saturated rings. The highest BCUT2D eigenvalue weighted by atomic mass is 127. The summed E-state index contributed by atoms with van der Waals surface area (Å²) in [5.74, 6) is -0.773. The van der Waals surface area contributed by atoms with Crippen LogP contribution in [0.25, 0.3) is 16.7 Å². The van der Waals surface area contributed by atoms with Crippen molar-refractivity contribution in [2.24, 2.45) is 0 Å². The van der Waals surface area contributed by atoms with Crippen LogP contribution in [0.15, 0.2) is 36.7 Å². The number of carbonyl (C=O) groups is 1. The molecule has 148 valence electrons. The van der Waals surface area contributed by atoms with Crippen LogP contribution in [0.2, 0.25) is 0 Å². The number of amides is 1. The molecule has 0 aliphatic heterocycles. The minimum atomic E-state index is -4.52. The summed E-state index contributed by atoms with van der Waals surface area (Å²) in [7, 11) is 2.65. The normalized spacial score (nSPS) is 11.5. The fraction of sp³-hybridized carbons (Fsp3) is 0.222. The molecule has 0 unspecified atom stereocenters. The lowest BCUT2D eigenvalue weighted by Crippen LogP contribution is -2.34. The SMILES string of the molecule is COc1cc(-n2cnc3cc(I)ccc32)cc(OC)c1C(=O)NCC(F)(F)F. The number of aromatic nitrogens is 2. The van der Waals surface area contributed by atoms with Gasteiger partial charge in [-0.15, -0.1) is 0 Å². The van der Waals surface area contributed by atoms with Crippen molar-refractivity contribution in [1.82, 2.24) is 14.9 Å². The van der Waals surface area contributed by atoms with Crippen LogP contribution in [0, 0.1) is 3.57 Å². The van der Waals surface area contributed by atoms with E-state index in [2.05, 4.69) is 27.6 Å². The van der Waals surface area contributed by atoms with E-state index >= 15 is 0 Å². The maximum absolute atomic E-state index is 12.4. The summed E-state index contributed by atoms with van der Waals surface area (Å²) >= 11 is 2.19. The molecule has 10 heteroatoms. The first-order valence-electron chi connectivity index (χ1n) is 7.97. The molecule has 1 N–H and O–H groups in total. The molecule has 0 bridgehead atoms. The molecular weight excluding hydrogens is 490 g/mol. The zero-order valence-corrected chi connectivity index (χ0v) is 17.0. The number of imidazole rings is 1. The summed E-state index contributed by atoms with van der Waals surface area (Å²) in [4.78, 5) is 16.7. The van der Waals surface area contributed by atoms with E-state index in [4.69, 9.17) is 9.47 Å². The maximum atomic E-state index is 12.4. The van der Waals surface area contributed by atoms with Crippen LogP contribution in [0.4, 0.5) is 13.2 Å². The van der Waals surface area contributed by atoms with Gasteiger partial charge in [0, 0.05) is 15.7 Å². The predicted octanol–water partition coefficient (Wildman–Crippen LogP) is 3.94. The molecule has 6 nitrogen and oxygen atoms in total. The van der Waals surface area contributed by atoms with E-state index < -0.39 is 18.6 Å². The summed E-state index contributed by atoms with van der Waals surface area (Å²) in [5, 5.41) is 1.83. The molecule has 28 heavy (non-hydrogen) atoms. The van der Waals surface area contributed by atoms with Gasteiger partial charge in [-0.25, -0.2) is 4.98 Å². The van der Waals surface area contributed by atoms with Gasteiger partial charge in [-0.2, -0.15) is 13.2 Å². The zero-order valence-electron chi connectivity index (χ0n) is 14.8. The Balaban J connectivity index is 2.06. The van der Waals surface area contributed by atoms with Crippen molar-refractivity contribution in [2.75, 3.05) is 20.8 Å². The second kappa shape index (κ2) is 7.86. The Kier molecular flexibility index (Phi) is 5.68. The largest absolute Gasteiger partial charge is 0.496 e. The molecule has 0 aliphatic carbocycles. The number of fused-ring (bicyclic) bond motifs is 1. The first-order chi connectivity index (χ1) is 13.2. The molecule has 0 atom stereocenters. The van der Waals surface area contributed by atoms with Gasteiger partial charge in [0.1, 0.15) is 29.9 Å². The standard InChI is InChI=1S/C18H15F3IN3O3/c1-27-14-6-11(25-9-24-12-5-10(22)3-4-13(12)25)7-15(28-2)16(14)17(26)23-8-18(19,20)21/h3-7,9H,8H2,1-2H3,(H,23,26). The summed E-state index contributed by atoms with van der Waals surface area (Å²) in [6.07, 6.45) is -2.92. The molecule has 3 aromatic rings. The van der Waals surface area contributed by atoms with E-state index in [1.54, 1.807) is 23.0 Å². The van der Waals surface area contributed by atoms with Crippen molar-refractivity contribution in [1.29, 1.82) is 0 Å². The van der Waals surface area contributed by atoms with E-state index in [0.29, 0.717) is 5.69 Å². The second-order valence-corrected chi connectivity index (χ2v) is 7.02. The van der Waals surface area contributed by atoms with E-state index in [1.807, 2.05) is 23.5 Å². The average Bonchev–Trinajstić information content (AvgIpc) is 3.07. The fourth-order valence-electron chi connectivity index (χ4n) is 2.72. The van der Waals surface area contributed by atoms with E-state index in [9.17, 15) is 18.0 Å². The molecule has 1 aromatic heterocycles. The number of halogens is 4. The zero-order chi connectivity index (χ0) is 20.5. The molecule has 0 radical (unpaired) electrons. The first-order valence-corrected chi connectivity index (χ1v) is 9.05. The van der Waals surface area contributed by atoms with Gasteiger partial charge >= 0.3 is 6.18 Å². The molecule has 0 aliphatic rings. The third-order valence-electron chi connectivity index (χ3n) is 3.95. The highest BCUT2D eigenvalue weighted by molar-refractivity contribution is 14.1. The number of carbonyl (C=O) groups excluding carboxylic acids is 1. The Hall–Kier alpha value is -2.50. The van der Waals surface area contributed by atoms with Crippen LogP contribution in [-0.4, -0.2) is 42.4 Å². The van der Waals surface area contributed by atoms with Gasteiger partial charge in [-0.3, -0.25) is 9.36 Å². The van der Waals surface area contributed by atoms with Crippen LogP contribution >= 0.6 is 22.6 Å². The summed E-state index contributed by atoms with van der Waals surface area (Å²) in [5.41, 5.74) is 2.07. The highest BCUT2D eigenvalue weighted by Crippen LogP contribution is 2.33. The van der Waals surface area contributed by atoms with Crippen LogP contribution in [0.1, 0.15) is 10.4 Å².